The SMILES string of the molecule is CCC1c2cc(OCOc3ccc(CC4CO4)cc3)ccc2-c2ccc(OC(=O)c3ccc(CC4CO4)cc3)cc21. The van der Waals surface area contributed by atoms with Crippen LogP contribution < -0.4 is 14.2 Å². The second-order valence-corrected chi connectivity index (χ2v) is 10.9. The normalized spacial score (nSPS) is 19.7. The van der Waals surface area contributed by atoms with Crippen LogP contribution in [0.2, 0.25) is 0 Å². The summed E-state index contributed by atoms with van der Waals surface area (Å²) in [6.07, 6.45) is 3.44. The lowest BCUT2D eigenvalue weighted by atomic mass is 9.94. The van der Waals surface area contributed by atoms with Crippen molar-refractivity contribution in [2.45, 2.75) is 44.3 Å². The van der Waals surface area contributed by atoms with E-state index in [1.54, 1.807) is 0 Å². The number of esters is 1. The topological polar surface area (TPSA) is 69.8 Å². The Hall–Kier alpha value is -4.13. The third kappa shape index (κ3) is 5.85. The summed E-state index contributed by atoms with van der Waals surface area (Å²) in [6.45, 7) is 3.98. The minimum atomic E-state index is -0.356. The first-order valence-electron chi connectivity index (χ1n) is 14.3. The van der Waals surface area contributed by atoms with E-state index in [1.807, 2.05) is 60.7 Å². The van der Waals surface area contributed by atoms with Crippen LogP contribution >= 0.6 is 0 Å². The zero-order valence-corrected chi connectivity index (χ0v) is 23.0. The van der Waals surface area contributed by atoms with E-state index < -0.39 is 0 Å². The van der Waals surface area contributed by atoms with E-state index in [0.717, 1.165) is 60.7 Å². The molecule has 7 rings (SSSR count). The lowest BCUT2D eigenvalue weighted by Crippen LogP contribution is -2.09. The van der Waals surface area contributed by atoms with Crippen molar-refractivity contribution in [2.24, 2.45) is 0 Å². The molecule has 0 N–H and O–H groups in total. The number of hydrogen-bond donors (Lipinski definition) is 0. The molecular weight excluding hydrogens is 516 g/mol. The molecule has 4 aromatic carbocycles. The van der Waals surface area contributed by atoms with E-state index in [4.69, 9.17) is 23.7 Å². The van der Waals surface area contributed by atoms with Gasteiger partial charge in [-0.15, -0.1) is 0 Å². The molecule has 0 amide bonds. The minimum absolute atomic E-state index is 0.128. The van der Waals surface area contributed by atoms with Gasteiger partial charge in [0.15, 0.2) is 0 Å². The number of epoxide rings is 2. The number of ether oxygens (including phenoxy) is 5. The summed E-state index contributed by atoms with van der Waals surface area (Å²) in [5.41, 5.74) is 7.67. The molecule has 1 aliphatic carbocycles. The van der Waals surface area contributed by atoms with Crippen molar-refractivity contribution in [3.8, 4) is 28.4 Å². The molecule has 3 atom stereocenters. The van der Waals surface area contributed by atoms with Crippen molar-refractivity contribution in [1.29, 1.82) is 0 Å². The molecule has 0 bridgehead atoms. The molecular formula is C35H32O6. The fourth-order valence-corrected chi connectivity index (χ4v) is 5.64. The number of fused-ring (bicyclic) bond motifs is 3. The van der Waals surface area contributed by atoms with Crippen LogP contribution in [0.25, 0.3) is 11.1 Å². The van der Waals surface area contributed by atoms with Crippen molar-refractivity contribution >= 4 is 5.97 Å². The van der Waals surface area contributed by atoms with Gasteiger partial charge in [-0.1, -0.05) is 43.3 Å². The van der Waals surface area contributed by atoms with E-state index in [2.05, 4.69) is 31.2 Å². The van der Waals surface area contributed by atoms with Crippen LogP contribution in [0.4, 0.5) is 0 Å². The number of carbonyl (C=O) groups excluding carboxylic acids is 1. The molecule has 0 spiro atoms. The first-order chi connectivity index (χ1) is 20.1. The van der Waals surface area contributed by atoms with E-state index >= 15 is 0 Å². The standard InChI is InChI=1S/C35H32O6/c1-2-30-33-17-26(40-21-39-25-9-5-23(6-10-25)16-29-20-38-29)11-13-31(33)32-14-12-27(18-34(30)32)41-35(36)24-7-3-22(4-8-24)15-28-19-37-28/h3-14,17-18,28-30H,2,15-16,19-21H2,1H3. The number of carbonyl (C=O) groups is 1. The summed E-state index contributed by atoms with van der Waals surface area (Å²) in [6, 6.07) is 27.8. The molecule has 2 aliphatic heterocycles. The highest BCUT2D eigenvalue weighted by Gasteiger charge is 2.29. The highest BCUT2D eigenvalue weighted by molar-refractivity contribution is 5.91. The quantitative estimate of drug-likeness (QED) is 0.0896. The second kappa shape index (κ2) is 11.0. The number of benzene rings is 4. The van der Waals surface area contributed by atoms with Gasteiger partial charge in [-0.25, -0.2) is 4.79 Å². The Kier molecular flexibility index (Phi) is 6.95. The summed E-state index contributed by atoms with van der Waals surface area (Å²) in [5.74, 6) is 1.92. The fraction of sp³-hybridized carbons (Fsp3) is 0.286. The van der Waals surface area contributed by atoms with Gasteiger partial charge in [0.1, 0.15) is 17.2 Å². The first-order valence-corrected chi connectivity index (χ1v) is 14.3. The Labute approximate surface area is 239 Å². The monoisotopic (exact) mass is 548 g/mol. The van der Waals surface area contributed by atoms with Crippen LogP contribution in [-0.4, -0.2) is 38.2 Å². The summed E-state index contributed by atoms with van der Waals surface area (Å²) in [4.78, 5) is 12.9. The fourth-order valence-electron chi connectivity index (χ4n) is 5.64. The van der Waals surface area contributed by atoms with Gasteiger partial charge in [-0.2, -0.15) is 0 Å². The van der Waals surface area contributed by atoms with Gasteiger partial charge in [0.05, 0.1) is 31.0 Å². The van der Waals surface area contributed by atoms with Crippen LogP contribution in [0.15, 0.2) is 84.9 Å². The molecule has 0 aromatic heterocycles. The molecule has 2 saturated heterocycles. The molecule has 41 heavy (non-hydrogen) atoms. The molecule has 208 valence electrons. The Morgan fingerprint density at radius 3 is 1.80 bits per heavy atom. The maximum atomic E-state index is 12.9. The zero-order valence-electron chi connectivity index (χ0n) is 23.0. The Balaban J connectivity index is 0.995. The first kappa shape index (κ1) is 25.8. The van der Waals surface area contributed by atoms with Crippen molar-refractivity contribution in [3.05, 3.63) is 113 Å². The molecule has 3 unspecified atom stereocenters. The molecule has 0 saturated carbocycles. The zero-order chi connectivity index (χ0) is 27.8. The van der Waals surface area contributed by atoms with Crippen LogP contribution in [0.3, 0.4) is 0 Å². The number of rotatable bonds is 11. The van der Waals surface area contributed by atoms with Crippen molar-refractivity contribution < 1.29 is 28.5 Å². The van der Waals surface area contributed by atoms with Crippen molar-refractivity contribution in [2.75, 3.05) is 20.0 Å². The smallest absolute Gasteiger partial charge is 0.343 e. The molecule has 6 heteroatoms. The largest absolute Gasteiger partial charge is 0.458 e. The molecule has 6 nitrogen and oxygen atoms in total. The van der Waals surface area contributed by atoms with Gasteiger partial charge < -0.3 is 23.7 Å². The van der Waals surface area contributed by atoms with E-state index in [9.17, 15) is 4.79 Å². The highest BCUT2D eigenvalue weighted by atomic mass is 16.7. The predicted octanol–water partition coefficient (Wildman–Crippen LogP) is 6.73. The average molecular weight is 549 g/mol. The highest BCUT2D eigenvalue weighted by Crippen LogP contribution is 2.48. The molecule has 2 fully saturated rings. The third-order valence-corrected chi connectivity index (χ3v) is 8.00. The van der Waals surface area contributed by atoms with Gasteiger partial charge in [-0.3, -0.25) is 0 Å². The van der Waals surface area contributed by atoms with Crippen LogP contribution in [0, 0.1) is 0 Å². The summed E-state index contributed by atoms with van der Waals surface area (Å²) in [7, 11) is 0. The Morgan fingerprint density at radius 1 is 0.707 bits per heavy atom. The van der Waals surface area contributed by atoms with Crippen LogP contribution in [0.5, 0.6) is 17.2 Å². The summed E-state index contributed by atoms with van der Waals surface area (Å²) < 4.78 is 28.2. The lowest BCUT2D eigenvalue weighted by molar-refractivity contribution is 0.0734. The van der Waals surface area contributed by atoms with Gasteiger partial charge in [0.2, 0.25) is 6.79 Å². The van der Waals surface area contributed by atoms with Crippen LogP contribution in [-0.2, 0) is 22.3 Å². The Bertz CT molecular complexity index is 1550. The predicted molar refractivity (Wildman–Crippen MR) is 155 cm³/mol. The van der Waals surface area contributed by atoms with Crippen molar-refractivity contribution in [3.63, 3.8) is 0 Å². The average Bonchev–Trinajstić information content (AvgIpc) is 3.93. The maximum Gasteiger partial charge on any atom is 0.343 e. The summed E-state index contributed by atoms with van der Waals surface area (Å²) >= 11 is 0. The minimum Gasteiger partial charge on any atom is -0.458 e. The van der Waals surface area contributed by atoms with Crippen LogP contribution in [0.1, 0.15) is 51.9 Å². The van der Waals surface area contributed by atoms with Crippen molar-refractivity contribution in [1.82, 2.24) is 0 Å². The van der Waals surface area contributed by atoms with E-state index in [1.165, 1.54) is 16.7 Å². The van der Waals surface area contributed by atoms with E-state index in [-0.39, 0.29) is 18.7 Å². The maximum absolute atomic E-state index is 12.9. The van der Waals surface area contributed by atoms with Gasteiger partial charge in [-0.05, 0) is 88.3 Å². The second-order valence-electron chi connectivity index (χ2n) is 10.9. The van der Waals surface area contributed by atoms with Gasteiger partial charge in [0, 0.05) is 18.8 Å². The third-order valence-electron chi connectivity index (χ3n) is 8.00. The molecule has 2 heterocycles. The van der Waals surface area contributed by atoms with Gasteiger partial charge >= 0.3 is 5.97 Å². The summed E-state index contributed by atoms with van der Waals surface area (Å²) in [5, 5.41) is 0. The molecule has 3 aliphatic rings. The number of hydrogen-bond acceptors (Lipinski definition) is 6. The van der Waals surface area contributed by atoms with Gasteiger partial charge in [0.25, 0.3) is 0 Å². The Morgan fingerprint density at radius 2 is 1.22 bits per heavy atom. The lowest BCUT2D eigenvalue weighted by Gasteiger charge is -2.14. The van der Waals surface area contributed by atoms with E-state index in [0.29, 0.717) is 23.5 Å². The molecule has 0 radical (unpaired) electrons. The molecule has 4 aromatic rings.